The van der Waals surface area contributed by atoms with E-state index in [1.54, 1.807) is 18.0 Å². The van der Waals surface area contributed by atoms with Crippen LogP contribution >= 0.6 is 22.9 Å². The lowest BCUT2D eigenvalue weighted by molar-refractivity contribution is -0.133. The van der Waals surface area contributed by atoms with Gasteiger partial charge in [0.05, 0.1) is 10.9 Å². The van der Waals surface area contributed by atoms with Gasteiger partial charge in [-0.15, -0.1) is 11.3 Å². The maximum Gasteiger partial charge on any atom is 0.408 e. The molecule has 0 aliphatic carbocycles. The molecule has 5 nitrogen and oxygen atoms in total. The number of benzene rings is 1. The van der Waals surface area contributed by atoms with E-state index in [0.29, 0.717) is 10.9 Å². The summed E-state index contributed by atoms with van der Waals surface area (Å²) in [6, 6.07) is 12.4. The normalized spacial score (nSPS) is 11.9. The van der Waals surface area contributed by atoms with Crippen LogP contribution in [0.4, 0.5) is 4.79 Å². The van der Waals surface area contributed by atoms with Gasteiger partial charge in [-0.3, -0.25) is 4.79 Å². The van der Waals surface area contributed by atoms with Crippen molar-refractivity contribution in [1.29, 1.82) is 0 Å². The molecule has 0 spiro atoms. The van der Waals surface area contributed by atoms with Crippen LogP contribution in [0.25, 0.3) is 0 Å². The number of thiophene rings is 1. The van der Waals surface area contributed by atoms with Gasteiger partial charge >= 0.3 is 6.09 Å². The fourth-order valence-electron chi connectivity index (χ4n) is 2.39. The van der Waals surface area contributed by atoms with Gasteiger partial charge in [-0.2, -0.15) is 0 Å². The summed E-state index contributed by atoms with van der Waals surface area (Å²) < 4.78 is 5.91. The summed E-state index contributed by atoms with van der Waals surface area (Å²) in [5.41, 5.74) is 0.891. The van der Waals surface area contributed by atoms with E-state index in [9.17, 15) is 9.59 Å². The van der Waals surface area contributed by atoms with Gasteiger partial charge in [0, 0.05) is 11.9 Å². The first-order valence-corrected chi connectivity index (χ1v) is 9.52. The van der Waals surface area contributed by atoms with Crippen molar-refractivity contribution in [2.75, 3.05) is 7.05 Å². The second kappa shape index (κ2) is 9.59. The molecule has 7 heteroatoms. The van der Waals surface area contributed by atoms with Crippen molar-refractivity contribution in [2.24, 2.45) is 5.92 Å². The molecule has 1 aromatic heterocycles. The molecule has 26 heavy (non-hydrogen) atoms. The van der Waals surface area contributed by atoms with Gasteiger partial charge in [0.25, 0.3) is 0 Å². The van der Waals surface area contributed by atoms with Crippen molar-refractivity contribution in [3.8, 4) is 0 Å². The van der Waals surface area contributed by atoms with E-state index in [0.717, 1.165) is 10.4 Å². The van der Waals surface area contributed by atoms with Gasteiger partial charge in [-0.1, -0.05) is 55.8 Å². The number of carbonyl (C=O) groups excluding carboxylic acids is 2. The minimum absolute atomic E-state index is 0.0684. The molecule has 0 aliphatic rings. The lowest BCUT2D eigenvalue weighted by Gasteiger charge is -2.26. The van der Waals surface area contributed by atoms with Gasteiger partial charge in [-0.05, 0) is 23.6 Å². The number of carbonyl (C=O) groups is 2. The summed E-state index contributed by atoms with van der Waals surface area (Å²) in [7, 11) is 1.71. The van der Waals surface area contributed by atoms with Crippen LogP contribution in [-0.2, 0) is 22.7 Å². The molecule has 1 N–H and O–H groups in total. The smallest absolute Gasteiger partial charge is 0.408 e. The first-order valence-electron chi connectivity index (χ1n) is 8.33. The van der Waals surface area contributed by atoms with Crippen LogP contribution in [-0.4, -0.2) is 30.0 Å². The zero-order valence-electron chi connectivity index (χ0n) is 15.1. The van der Waals surface area contributed by atoms with Gasteiger partial charge < -0.3 is 15.0 Å². The van der Waals surface area contributed by atoms with Crippen molar-refractivity contribution in [3.05, 3.63) is 57.2 Å². The lowest BCUT2D eigenvalue weighted by Crippen LogP contribution is -2.50. The fraction of sp³-hybridized carbons (Fsp3) is 0.368. The maximum absolute atomic E-state index is 12.7. The Hall–Kier alpha value is -2.05. The largest absolute Gasteiger partial charge is 0.445 e. The summed E-state index contributed by atoms with van der Waals surface area (Å²) in [5, 5.41) is 2.68. The number of amides is 2. The number of alkyl carbamates (subject to hydrolysis) is 1. The maximum atomic E-state index is 12.7. The van der Waals surface area contributed by atoms with Gasteiger partial charge in [0.15, 0.2) is 0 Å². The Labute approximate surface area is 162 Å². The Morgan fingerprint density at radius 1 is 1.19 bits per heavy atom. The highest BCUT2D eigenvalue weighted by Gasteiger charge is 2.27. The molecule has 1 atom stereocenters. The minimum atomic E-state index is -0.654. The molecule has 2 amide bonds. The average molecular weight is 395 g/mol. The highest BCUT2D eigenvalue weighted by atomic mass is 35.5. The van der Waals surface area contributed by atoms with Gasteiger partial charge in [0.1, 0.15) is 12.6 Å². The third-order valence-electron chi connectivity index (χ3n) is 3.82. The van der Waals surface area contributed by atoms with E-state index in [-0.39, 0.29) is 18.4 Å². The quantitative estimate of drug-likeness (QED) is 0.761. The van der Waals surface area contributed by atoms with Crippen LogP contribution in [0.5, 0.6) is 0 Å². The van der Waals surface area contributed by atoms with Crippen molar-refractivity contribution in [3.63, 3.8) is 0 Å². The molecule has 0 unspecified atom stereocenters. The number of likely N-dealkylation sites (N-methyl/N-ethyl adjacent to an activating group) is 1. The highest BCUT2D eigenvalue weighted by molar-refractivity contribution is 7.16. The van der Waals surface area contributed by atoms with Crippen LogP contribution in [0.15, 0.2) is 42.5 Å². The zero-order chi connectivity index (χ0) is 19.1. The molecule has 1 heterocycles. The SMILES string of the molecule is CC(C)[C@H](NC(=O)OCc1ccccc1)C(=O)N(C)Cc1ccc(Cl)s1. The standard InChI is InChI=1S/C19H23ClN2O3S/c1-13(2)17(18(23)22(3)11-15-9-10-16(20)26-15)21-19(24)25-12-14-7-5-4-6-8-14/h4-10,13,17H,11-12H2,1-3H3,(H,21,24)/t17-/m0/s1. The number of hydrogen-bond donors (Lipinski definition) is 1. The van der Waals surface area contributed by atoms with E-state index in [1.807, 2.05) is 50.2 Å². The molecule has 0 radical (unpaired) electrons. The van der Waals surface area contributed by atoms with Crippen molar-refractivity contribution < 1.29 is 14.3 Å². The predicted octanol–water partition coefficient (Wildman–Crippen LogP) is 4.31. The van der Waals surface area contributed by atoms with E-state index >= 15 is 0 Å². The lowest BCUT2D eigenvalue weighted by atomic mass is 10.0. The van der Waals surface area contributed by atoms with Gasteiger partial charge in [0.2, 0.25) is 5.91 Å². The number of nitrogens with zero attached hydrogens (tertiary/aromatic N) is 1. The van der Waals surface area contributed by atoms with Crippen LogP contribution in [0.2, 0.25) is 4.34 Å². The second-order valence-electron chi connectivity index (χ2n) is 6.33. The van der Waals surface area contributed by atoms with Crippen molar-refractivity contribution in [2.45, 2.75) is 33.0 Å². The first kappa shape index (κ1) is 20.3. The molecular weight excluding hydrogens is 372 g/mol. The predicted molar refractivity (Wildman–Crippen MR) is 104 cm³/mol. The Morgan fingerprint density at radius 2 is 1.88 bits per heavy atom. The molecule has 2 rings (SSSR count). The third kappa shape index (κ3) is 6.04. The molecule has 0 aliphatic heterocycles. The minimum Gasteiger partial charge on any atom is -0.445 e. The van der Waals surface area contributed by atoms with E-state index in [4.69, 9.17) is 16.3 Å². The molecule has 0 saturated heterocycles. The summed E-state index contributed by atoms with van der Waals surface area (Å²) in [5.74, 6) is -0.234. The number of halogens is 1. The van der Waals surface area contributed by atoms with Crippen LogP contribution in [0.3, 0.4) is 0 Å². The number of nitrogens with one attached hydrogen (secondary N) is 1. The van der Waals surface area contributed by atoms with E-state index < -0.39 is 12.1 Å². The number of ether oxygens (including phenoxy) is 1. The van der Waals surface area contributed by atoms with Crippen molar-refractivity contribution >= 4 is 34.9 Å². The van der Waals surface area contributed by atoms with Crippen LogP contribution < -0.4 is 5.32 Å². The van der Waals surface area contributed by atoms with Crippen LogP contribution in [0, 0.1) is 5.92 Å². The molecule has 1 aromatic carbocycles. The molecule has 140 valence electrons. The molecule has 2 aromatic rings. The Kier molecular flexibility index (Phi) is 7.48. The Balaban J connectivity index is 1.91. The Morgan fingerprint density at radius 3 is 2.46 bits per heavy atom. The van der Waals surface area contributed by atoms with Crippen LogP contribution in [0.1, 0.15) is 24.3 Å². The van der Waals surface area contributed by atoms with Gasteiger partial charge in [-0.25, -0.2) is 4.79 Å². The topological polar surface area (TPSA) is 58.6 Å². The summed E-state index contributed by atoms with van der Waals surface area (Å²) in [4.78, 5) is 27.4. The summed E-state index contributed by atoms with van der Waals surface area (Å²) in [6.07, 6.45) is -0.603. The summed E-state index contributed by atoms with van der Waals surface area (Å²) in [6.45, 7) is 4.38. The second-order valence-corrected chi connectivity index (χ2v) is 8.13. The molecule has 0 fully saturated rings. The first-order chi connectivity index (χ1) is 12.4. The molecule has 0 saturated carbocycles. The third-order valence-corrected chi connectivity index (χ3v) is 5.03. The number of rotatable bonds is 7. The molecular formula is C19H23ClN2O3S. The Bertz CT molecular complexity index is 733. The number of hydrogen-bond acceptors (Lipinski definition) is 4. The van der Waals surface area contributed by atoms with Crippen molar-refractivity contribution in [1.82, 2.24) is 10.2 Å². The summed E-state index contributed by atoms with van der Waals surface area (Å²) >= 11 is 7.36. The fourth-order valence-corrected chi connectivity index (χ4v) is 3.53. The van der Waals surface area contributed by atoms with E-state index in [1.165, 1.54) is 11.3 Å². The molecule has 0 bridgehead atoms. The zero-order valence-corrected chi connectivity index (χ0v) is 16.6. The average Bonchev–Trinajstić information content (AvgIpc) is 3.02. The highest BCUT2D eigenvalue weighted by Crippen LogP contribution is 2.22. The van der Waals surface area contributed by atoms with E-state index in [2.05, 4.69) is 5.32 Å². The monoisotopic (exact) mass is 394 g/mol.